The number of anilines is 1. The van der Waals surface area contributed by atoms with E-state index in [0.29, 0.717) is 22.7 Å². The number of carboxylic acid groups (broad SMARTS) is 1. The topological polar surface area (TPSA) is 88.5 Å². The summed E-state index contributed by atoms with van der Waals surface area (Å²) in [5, 5.41) is 11.9. The van der Waals surface area contributed by atoms with Crippen LogP contribution in [0.4, 0.5) is 5.82 Å². The number of aromatic carboxylic acids is 1. The molecule has 25 heavy (non-hydrogen) atoms. The molecule has 0 bridgehead atoms. The van der Waals surface area contributed by atoms with Crippen molar-refractivity contribution >= 4 is 17.7 Å². The van der Waals surface area contributed by atoms with E-state index in [0.717, 1.165) is 25.7 Å². The van der Waals surface area contributed by atoms with E-state index in [-0.39, 0.29) is 11.7 Å². The molecule has 1 aliphatic carbocycles. The summed E-state index contributed by atoms with van der Waals surface area (Å²) in [6, 6.07) is 8.17. The molecular weight excluding hydrogens is 320 g/mol. The number of hydrogen-bond acceptors (Lipinski definition) is 4. The van der Waals surface area contributed by atoms with E-state index in [1.807, 2.05) is 0 Å². The minimum atomic E-state index is -1.06. The first-order valence-corrected chi connectivity index (χ1v) is 8.32. The number of nitrogens with zero attached hydrogens (tertiary/aromatic N) is 1. The molecule has 1 aromatic carbocycles. The maximum absolute atomic E-state index is 12.6. The molecule has 130 valence electrons. The van der Waals surface area contributed by atoms with Gasteiger partial charge in [-0.1, -0.05) is 6.07 Å². The van der Waals surface area contributed by atoms with Gasteiger partial charge >= 0.3 is 5.97 Å². The monoisotopic (exact) mass is 340 g/mol. The highest BCUT2D eigenvalue weighted by molar-refractivity contribution is 6.07. The molecular formula is C19H20N2O4. The fraction of sp³-hybridized carbons (Fsp3) is 0.316. The maximum Gasteiger partial charge on any atom is 0.335 e. The molecule has 0 unspecified atom stereocenters. The van der Waals surface area contributed by atoms with Crippen molar-refractivity contribution in [2.75, 3.05) is 5.32 Å². The van der Waals surface area contributed by atoms with E-state index in [1.165, 1.54) is 6.07 Å². The van der Waals surface area contributed by atoms with E-state index in [1.54, 1.807) is 37.4 Å². The molecule has 1 heterocycles. The second-order valence-electron chi connectivity index (χ2n) is 6.11. The van der Waals surface area contributed by atoms with Gasteiger partial charge in [0.25, 0.3) is 5.91 Å². The highest BCUT2D eigenvalue weighted by Crippen LogP contribution is 2.28. The van der Waals surface area contributed by atoms with Gasteiger partial charge in [0.2, 0.25) is 0 Å². The second kappa shape index (κ2) is 7.34. The maximum atomic E-state index is 12.6. The predicted octanol–water partition coefficient (Wildman–Crippen LogP) is 3.66. The number of carboxylic acids is 1. The van der Waals surface area contributed by atoms with Crippen LogP contribution >= 0.6 is 0 Å². The summed E-state index contributed by atoms with van der Waals surface area (Å²) in [6.45, 7) is 1.62. The average molecular weight is 340 g/mol. The van der Waals surface area contributed by atoms with Crippen molar-refractivity contribution in [2.45, 2.75) is 38.7 Å². The smallest absolute Gasteiger partial charge is 0.335 e. The predicted molar refractivity (Wildman–Crippen MR) is 93.2 cm³/mol. The van der Waals surface area contributed by atoms with E-state index < -0.39 is 11.9 Å². The molecule has 0 radical (unpaired) electrons. The van der Waals surface area contributed by atoms with E-state index >= 15 is 0 Å². The van der Waals surface area contributed by atoms with Crippen molar-refractivity contribution in [1.82, 2.24) is 4.98 Å². The Bertz CT molecular complexity index is 798. The lowest BCUT2D eigenvalue weighted by Crippen LogP contribution is -2.18. The largest absolute Gasteiger partial charge is 0.487 e. The number of pyridine rings is 1. The van der Waals surface area contributed by atoms with E-state index in [4.69, 9.17) is 4.74 Å². The number of hydrogen-bond donors (Lipinski definition) is 2. The Kier molecular flexibility index (Phi) is 4.97. The third-order valence-electron chi connectivity index (χ3n) is 4.41. The van der Waals surface area contributed by atoms with Crippen LogP contribution in [0.15, 0.2) is 36.5 Å². The van der Waals surface area contributed by atoms with Crippen molar-refractivity contribution in [3.63, 3.8) is 0 Å². The Balaban J connectivity index is 1.82. The molecule has 3 rings (SSSR count). The summed E-state index contributed by atoms with van der Waals surface area (Å²) < 4.78 is 5.96. The summed E-state index contributed by atoms with van der Waals surface area (Å²) in [7, 11) is 0. The van der Waals surface area contributed by atoms with Gasteiger partial charge in [-0.2, -0.15) is 0 Å². The number of benzene rings is 1. The van der Waals surface area contributed by atoms with Gasteiger partial charge in [0.05, 0.1) is 11.7 Å². The van der Waals surface area contributed by atoms with Crippen molar-refractivity contribution in [1.29, 1.82) is 0 Å². The molecule has 0 atom stereocenters. The molecule has 1 fully saturated rings. The molecule has 6 nitrogen and oxygen atoms in total. The highest BCUT2D eigenvalue weighted by Gasteiger charge is 2.20. The molecule has 0 aliphatic heterocycles. The fourth-order valence-corrected chi connectivity index (χ4v) is 3.05. The van der Waals surface area contributed by atoms with Gasteiger partial charge in [0.15, 0.2) is 11.6 Å². The second-order valence-corrected chi connectivity index (χ2v) is 6.11. The minimum Gasteiger partial charge on any atom is -0.487 e. The van der Waals surface area contributed by atoms with E-state index in [9.17, 15) is 14.7 Å². The SMILES string of the molecule is Cc1c(C(=O)O)cccc1C(=O)Nc1ncccc1OC1CCCC1. The van der Waals surface area contributed by atoms with Gasteiger partial charge in [-0.3, -0.25) is 4.79 Å². The number of nitrogens with one attached hydrogen (secondary N) is 1. The minimum absolute atomic E-state index is 0.107. The van der Waals surface area contributed by atoms with Gasteiger partial charge < -0.3 is 15.2 Å². The van der Waals surface area contributed by atoms with E-state index in [2.05, 4.69) is 10.3 Å². The van der Waals surface area contributed by atoms with Crippen molar-refractivity contribution in [2.24, 2.45) is 0 Å². The number of carbonyl (C=O) groups is 2. The van der Waals surface area contributed by atoms with Gasteiger partial charge in [-0.05, 0) is 62.4 Å². The van der Waals surface area contributed by atoms with Crippen LogP contribution in [0.1, 0.15) is 52.0 Å². The van der Waals surface area contributed by atoms with Crippen LogP contribution in [0, 0.1) is 6.92 Å². The lowest BCUT2D eigenvalue weighted by molar-refractivity contribution is 0.0696. The number of rotatable bonds is 5. The molecule has 2 N–H and O–H groups in total. The zero-order valence-corrected chi connectivity index (χ0v) is 14.0. The molecule has 2 aromatic rings. The average Bonchev–Trinajstić information content (AvgIpc) is 3.09. The van der Waals surface area contributed by atoms with Crippen LogP contribution in [0.5, 0.6) is 5.75 Å². The first kappa shape index (κ1) is 17.0. The van der Waals surface area contributed by atoms with Crippen molar-refractivity contribution in [3.8, 4) is 5.75 Å². The quantitative estimate of drug-likeness (QED) is 0.867. The number of carbonyl (C=O) groups excluding carboxylic acids is 1. The normalized spacial score (nSPS) is 14.3. The van der Waals surface area contributed by atoms with Gasteiger partial charge in [-0.15, -0.1) is 0 Å². The molecule has 6 heteroatoms. The highest BCUT2D eigenvalue weighted by atomic mass is 16.5. The van der Waals surface area contributed by atoms with Gasteiger partial charge in [-0.25, -0.2) is 9.78 Å². The zero-order chi connectivity index (χ0) is 17.8. The lowest BCUT2D eigenvalue weighted by Gasteiger charge is -2.16. The van der Waals surface area contributed by atoms with Crippen molar-refractivity contribution < 1.29 is 19.4 Å². The number of amides is 1. The first-order valence-electron chi connectivity index (χ1n) is 8.32. The first-order chi connectivity index (χ1) is 12.1. The van der Waals surface area contributed by atoms with Gasteiger partial charge in [0.1, 0.15) is 0 Å². The molecule has 1 saturated carbocycles. The lowest BCUT2D eigenvalue weighted by atomic mass is 10.0. The molecule has 0 saturated heterocycles. The fourth-order valence-electron chi connectivity index (χ4n) is 3.05. The summed E-state index contributed by atoms with van der Waals surface area (Å²) in [5.74, 6) is -0.583. The Morgan fingerprint density at radius 3 is 2.60 bits per heavy atom. The number of ether oxygens (including phenoxy) is 1. The Hall–Kier alpha value is -2.89. The number of aromatic nitrogens is 1. The third kappa shape index (κ3) is 3.79. The third-order valence-corrected chi connectivity index (χ3v) is 4.41. The summed E-state index contributed by atoms with van der Waals surface area (Å²) >= 11 is 0. The zero-order valence-electron chi connectivity index (χ0n) is 14.0. The van der Waals surface area contributed by atoms with Crippen LogP contribution in [-0.2, 0) is 0 Å². The Labute approximate surface area is 145 Å². The van der Waals surface area contributed by atoms with Crippen LogP contribution in [-0.4, -0.2) is 28.1 Å². The standard InChI is InChI=1S/C19H20N2O4/c1-12-14(8-4-9-15(12)19(23)24)18(22)21-17-16(10-5-11-20-17)25-13-6-2-3-7-13/h4-5,8-11,13H,2-3,6-7H2,1H3,(H,23,24)(H,20,21,22). The van der Waals surface area contributed by atoms with Crippen LogP contribution in [0.2, 0.25) is 0 Å². The van der Waals surface area contributed by atoms with Crippen LogP contribution < -0.4 is 10.1 Å². The Morgan fingerprint density at radius 1 is 1.16 bits per heavy atom. The van der Waals surface area contributed by atoms with Crippen LogP contribution in [0.25, 0.3) is 0 Å². The molecule has 1 aliphatic rings. The molecule has 1 aromatic heterocycles. The molecule has 0 spiro atoms. The van der Waals surface area contributed by atoms with Crippen molar-refractivity contribution in [3.05, 3.63) is 53.2 Å². The van der Waals surface area contributed by atoms with Gasteiger partial charge in [0, 0.05) is 11.8 Å². The molecule has 1 amide bonds. The summed E-state index contributed by atoms with van der Waals surface area (Å²) in [4.78, 5) is 28.0. The Morgan fingerprint density at radius 2 is 1.88 bits per heavy atom. The van der Waals surface area contributed by atoms with Crippen LogP contribution in [0.3, 0.4) is 0 Å². The summed E-state index contributed by atoms with van der Waals surface area (Å²) in [6.07, 6.45) is 6.03. The summed E-state index contributed by atoms with van der Waals surface area (Å²) in [5.41, 5.74) is 0.829.